The van der Waals surface area contributed by atoms with Crippen molar-refractivity contribution >= 4 is 23.4 Å². The fraction of sp³-hybridized carbons (Fsp3) is 0.300. The van der Waals surface area contributed by atoms with Gasteiger partial charge in [-0.15, -0.1) is 0 Å². The number of piperidine rings is 1. The van der Waals surface area contributed by atoms with Gasteiger partial charge in [0.2, 0.25) is 11.8 Å². The molecule has 2 bridgehead atoms. The second-order valence-corrected chi connectivity index (χ2v) is 10.2. The average Bonchev–Trinajstić information content (AvgIpc) is 3.19. The predicted molar refractivity (Wildman–Crippen MR) is 132 cm³/mol. The van der Waals surface area contributed by atoms with Crippen LogP contribution in [-0.2, 0) is 9.59 Å². The van der Waals surface area contributed by atoms with E-state index in [0.717, 1.165) is 25.9 Å². The van der Waals surface area contributed by atoms with Crippen molar-refractivity contribution in [1.82, 2.24) is 4.90 Å². The summed E-state index contributed by atoms with van der Waals surface area (Å²) >= 11 is 0. The SMILES string of the molecule is O=C(c1ccc(N2C(=O)[C@H]3C4c5ccccc5C(c5ccccc54)[C@@H]3C2=O)cc1)N1CCCCC1. The molecule has 3 aromatic carbocycles. The van der Waals surface area contributed by atoms with Crippen LogP contribution < -0.4 is 4.90 Å². The van der Waals surface area contributed by atoms with Crippen molar-refractivity contribution in [3.8, 4) is 0 Å². The van der Waals surface area contributed by atoms with Crippen LogP contribution in [0.3, 0.4) is 0 Å². The monoisotopic (exact) mass is 462 g/mol. The summed E-state index contributed by atoms with van der Waals surface area (Å²) in [6, 6.07) is 23.6. The van der Waals surface area contributed by atoms with Crippen LogP contribution in [0.25, 0.3) is 0 Å². The number of nitrogens with zero attached hydrogens (tertiary/aromatic N) is 2. The molecule has 2 fully saturated rings. The molecular weight excluding hydrogens is 436 g/mol. The first kappa shape index (κ1) is 20.6. The fourth-order valence-electron chi connectivity index (χ4n) is 6.96. The molecule has 0 N–H and O–H groups in total. The molecule has 5 aliphatic rings. The summed E-state index contributed by atoms with van der Waals surface area (Å²) in [6.45, 7) is 1.58. The first-order chi connectivity index (χ1) is 17.1. The van der Waals surface area contributed by atoms with Gasteiger partial charge < -0.3 is 4.90 Å². The number of carbonyl (C=O) groups excluding carboxylic acids is 3. The molecule has 174 valence electrons. The number of amides is 3. The van der Waals surface area contributed by atoms with E-state index in [1.807, 2.05) is 29.2 Å². The number of hydrogen-bond donors (Lipinski definition) is 0. The van der Waals surface area contributed by atoms with Crippen molar-refractivity contribution in [2.75, 3.05) is 18.0 Å². The van der Waals surface area contributed by atoms with Crippen LogP contribution in [0.2, 0.25) is 0 Å². The minimum absolute atomic E-state index is 0.0212. The lowest BCUT2D eigenvalue weighted by molar-refractivity contribution is -0.122. The Morgan fingerprint density at radius 2 is 1.09 bits per heavy atom. The normalized spacial score (nSPS) is 26.4. The van der Waals surface area contributed by atoms with Crippen molar-refractivity contribution in [2.24, 2.45) is 11.8 Å². The maximum absolute atomic E-state index is 13.9. The Balaban J connectivity index is 1.25. The van der Waals surface area contributed by atoms with E-state index >= 15 is 0 Å². The zero-order chi connectivity index (χ0) is 23.7. The van der Waals surface area contributed by atoms with E-state index < -0.39 is 11.8 Å². The van der Waals surface area contributed by atoms with Crippen LogP contribution in [0.5, 0.6) is 0 Å². The molecule has 0 radical (unpaired) electrons. The zero-order valence-electron chi connectivity index (χ0n) is 19.4. The highest BCUT2D eigenvalue weighted by Crippen LogP contribution is 2.61. The number of rotatable bonds is 2. The second kappa shape index (κ2) is 7.64. The Morgan fingerprint density at radius 1 is 0.629 bits per heavy atom. The molecule has 2 aliphatic heterocycles. The van der Waals surface area contributed by atoms with E-state index in [9.17, 15) is 14.4 Å². The van der Waals surface area contributed by atoms with Gasteiger partial charge in [-0.3, -0.25) is 14.4 Å². The van der Waals surface area contributed by atoms with E-state index in [0.29, 0.717) is 11.3 Å². The van der Waals surface area contributed by atoms with Crippen LogP contribution in [0.1, 0.15) is 63.7 Å². The number of likely N-dealkylation sites (tertiary alicyclic amines) is 1. The smallest absolute Gasteiger partial charge is 0.253 e. The lowest BCUT2D eigenvalue weighted by atomic mass is 9.55. The Bertz CT molecular complexity index is 1260. The van der Waals surface area contributed by atoms with Gasteiger partial charge in [-0.1, -0.05) is 48.5 Å². The van der Waals surface area contributed by atoms with Crippen LogP contribution >= 0.6 is 0 Å². The van der Waals surface area contributed by atoms with Crippen molar-refractivity contribution in [1.29, 1.82) is 0 Å². The van der Waals surface area contributed by atoms with Crippen molar-refractivity contribution in [3.05, 3.63) is 101 Å². The lowest BCUT2D eigenvalue weighted by Crippen LogP contribution is -2.41. The minimum atomic E-state index is -0.396. The minimum Gasteiger partial charge on any atom is -0.339 e. The molecule has 8 rings (SSSR count). The first-order valence-electron chi connectivity index (χ1n) is 12.6. The number of imide groups is 1. The average molecular weight is 463 g/mol. The molecule has 5 nitrogen and oxygen atoms in total. The van der Waals surface area contributed by atoms with Crippen molar-refractivity contribution in [2.45, 2.75) is 31.1 Å². The molecule has 2 heterocycles. The Labute approximate surface area is 204 Å². The Kier molecular flexibility index (Phi) is 4.50. The molecule has 0 spiro atoms. The summed E-state index contributed by atoms with van der Waals surface area (Å²) in [5.41, 5.74) is 5.83. The summed E-state index contributed by atoms with van der Waals surface area (Å²) in [6.07, 6.45) is 3.24. The topological polar surface area (TPSA) is 57.7 Å². The molecule has 5 heteroatoms. The largest absolute Gasteiger partial charge is 0.339 e. The number of anilines is 1. The van der Waals surface area contributed by atoms with Gasteiger partial charge in [0.1, 0.15) is 0 Å². The molecule has 0 unspecified atom stereocenters. The maximum Gasteiger partial charge on any atom is 0.253 e. The maximum atomic E-state index is 13.9. The van der Waals surface area contributed by atoms with Gasteiger partial charge in [-0.25, -0.2) is 4.90 Å². The summed E-state index contributed by atoms with van der Waals surface area (Å²) in [5, 5.41) is 0. The number of benzene rings is 3. The van der Waals surface area contributed by atoms with Gasteiger partial charge in [0.25, 0.3) is 5.91 Å². The molecule has 3 amide bonds. The third kappa shape index (κ3) is 2.84. The second-order valence-electron chi connectivity index (χ2n) is 10.2. The van der Waals surface area contributed by atoms with Gasteiger partial charge in [0, 0.05) is 30.5 Å². The van der Waals surface area contributed by atoms with E-state index in [-0.39, 0.29) is 29.6 Å². The van der Waals surface area contributed by atoms with Crippen LogP contribution in [0.4, 0.5) is 5.69 Å². The fourth-order valence-corrected chi connectivity index (χ4v) is 6.96. The molecule has 35 heavy (non-hydrogen) atoms. The number of hydrogen-bond acceptors (Lipinski definition) is 3. The lowest BCUT2D eigenvalue weighted by Gasteiger charge is -2.45. The molecule has 2 atom stereocenters. The molecule has 3 aromatic rings. The highest BCUT2D eigenvalue weighted by molar-refractivity contribution is 6.23. The van der Waals surface area contributed by atoms with Crippen LogP contribution in [0, 0.1) is 11.8 Å². The summed E-state index contributed by atoms with van der Waals surface area (Å²) in [4.78, 5) is 43.9. The first-order valence-corrected chi connectivity index (χ1v) is 12.6. The standard InChI is InChI=1S/C30H26N2O3/c33-28(31-16-6-1-7-17-31)18-12-14-19(15-13-18)32-29(34)26-24-20-8-2-3-9-21(20)25(27(26)30(32)35)23-11-5-4-10-22(23)24/h2-5,8-15,24-27H,1,6-7,16-17H2/t24?,25?,26-,27-/m0/s1. The highest BCUT2D eigenvalue weighted by Gasteiger charge is 2.61. The summed E-state index contributed by atoms with van der Waals surface area (Å²) < 4.78 is 0. The van der Waals surface area contributed by atoms with E-state index in [1.54, 1.807) is 24.3 Å². The van der Waals surface area contributed by atoms with Gasteiger partial charge in [0.05, 0.1) is 17.5 Å². The third-order valence-electron chi connectivity index (χ3n) is 8.46. The Hall–Kier alpha value is -3.73. The molecular formula is C30H26N2O3. The molecule has 3 aliphatic carbocycles. The van der Waals surface area contributed by atoms with Crippen molar-refractivity contribution < 1.29 is 14.4 Å². The summed E-state index contributed by atoms with van der Waals surface area (Å²) in [5.74, 6) is -1.26. The third-order valence-corrected chi connectivity index (χ3v) is 8.46. The number of carbonyl (C=O) groups is 3. The van der Waals surface area contributed by atoms with Crippen LogP contribution in [0.15, 0.2) is 72.8 Å². The van der Waals surface area contributed by atoms with Gasteiger partial charge >= 0.3 is 0 Å². The van der Waals surface area contributed by atoms with E-state index in [2.05, 4.69) is 24.3 Å². The van der Waals surface area contributed by atoms with Crippen molar-refractivity contribution in [3.63, 3.8) is 0 Å². The van der Waals surface area contributed by atoms with E-state index in [1.165, 1.54) is 33.6 Å². The molecule has 2 saturated heterocycles. The Morgan fingerprint density at radius 3 is 1.54 bits per heavy atom. The van der Waals surface area contributed by atoms with Gasteiger partial charge in [0.15, 0.2) is 0 Å². The molecule has 0 saturated carbocycles. The van der Waals surface area contributed by atoms with Gasteiger partial charge in [-0.2, -0.15) is 0 Å². The quantitative estimate of drug-likeness (QED) is 0.519. The van der Waals surface area contributed by atoms with Gasteiger partial charge in [-0.05, 0) is 65.8 Å². The highest BCUT2D eigenvalue weighted by atomic mass is 16.2. The van der Waals surface area contributed by atoms with E-state index in [4.69, 9.17) is 0 Å². The summed E-state index contributed by atoms with van der Waals surface area (Å²) in [7, 11) is 0. The van der Waals surface area contributed by atoms with Crippen LogP contribution in [-0.4, -0.2) is 35.7 Å². The predicted octanol–water partition coefficient (Wildman–Crippen LogP) is 4.71. The zero-order valence-corrected chi connectivity index (χ0v) is 19.4. The molecule has 0 aromatic heterocycles.